The van der Waals surface area contributed by atoms with Crippen molar-refractivity contribution in [3.63, 3.8) is 0 Å². The molecule has 1 N–H and O–H groups in total. The Bertz CT molecular complexity index is 602. The molecule has 6 heteroatoms. The molecule has 2 saturated heterocycles. The van der Waals surface area contributed by atoms with Crippen LogP contribution in [0, 0.1) is 22.7 Å². The van der Waals surface area contributed by atoms with Crippen molar-refractivity contribution in [2.24, 2.45) is 11.3 Å². The van der Waals surface area contributed by atoms with E-state index in [0.717, 1.165) is 38.2 Å². The molecular formula is C19H27N3O3. The predicted octanol–water partition coefficient (Wildman–Crippen LogP) is 2.32. The van der Waals surface area contributed by atoms with Crippen LogP contribution in [-0.4, -0.2) is 43.2 Å². The molecule has 136 valence electrons. The summed E-state index contributed by atoms with van der Waals surface area (Å²) in [7, 11) is 0. The highest BCUT2D eigenvalue weighted by atomic mass is 16.5. The molecule has 25 heavy (non-hydrogen) atoms. The molecule has 0 aromatic carbocycles. The number of hydrogen-bond acceptors (Lipinski definition) is 5. The van der Waals surface area contributed by atoms with Gasteiger partial charge in [0.15, 0.2) is 0 Å². The van der Waals surface area contributed by atoms with Gasteiger partial charge in [-0.3, -0.25) is 9.69 Å². The Morgan fingerprint density at radius 1 is 1.44 bits per heavy atom. The van der Waals surface area contributed by atoms with Gasteiger partial charge in [0.25, 0.3) is 0 Å². The van der Waals surface area contributed by atoms with E-state index in [-0.39, 0.29) is 11.9 Å². The maximum absolute atomic E-state index is 12.9. The summed E-state index contributed by atoms with van der Waals surface area (Å²) < 4.78 is 10.8. The van der Waals surface area contributed by atoms with Crippen molar-refractivity contribution < 1.29 is 13.9 Å². The fraction of sp³-hybridized carbons (Fsp3) is 0.684. The molecule has 0 radical (unpaired) electrons. The maximum atomic E-state index is 12.9. The minimum Gasteiger partial charge on any atom is -0.468 e. The molecule has 2 fully saturated rings. The van der Waals surface area contributed by atoms with E-state index in [1.54, 1.807) is 6.26 Å². The number of carbonyl (C=O) groups is 1. The third-order valence-corrected chi connectivity index (χ3v) is 5.45. The SMILES string of the molecule is CCC[C@@H]1CN(Cc2ccco2)C[C@H]1NC(=O)C1(C#N)CCOCC1. The molecule has 0 unspecified atom stereocenters. The first-order chi connectivity index (χ1) is 12.2. The minimum atomic E-state index is -0.927. The molecule has 0 aliphatic carbocycles. The Kier molecular flexibility index (Phi) is 5.77. The Morgan fingerprint density at radius 2 is 2.24 bits per heavy atom. The summed E-state index contributed by atoms with van der Waals surface area (Å²) in [5.74, 6) is 1.24. The summed E-state index contributed by atoms with van der Waals surface area (Å²) in [6.07, 6.45) is 4.81. The molecule has 0 bridgehead atoms. The second-order valence-corrected chi connectivity index (χ2v) is 7.21. The number of rotatable bonds is 6. The number of nitriles is 1. The van der Waals surface area contributed by atoms with Gasteiger partial charge in [0.05, 0.1) is 18.9 Å². The van der Waals surface area contributed by atoms with Crippen LogP contribution in [0.5, 0.6) is 0 Å². The van der Waals surface area contributed by atoms with Crippen LogP contribution in [0.15, 0.2) is 22.8 Å². The van der Waals surface area contributed by atoms with Crippen molar-refractivity contribution in [1.82, 2.24) is 10.2 Å². The van der Waals surface area contributed by atoms with Gasteiger partial charge < -0.3 is 14.5 Å². The Hall–Kier alpha value is -1.84. The summed E-state index contributed by atoms with van der Waals surface area (Å²) in [5, 5.41) is 12.8. The van der Waals surface area contributed by atoms with Gasteiger partial charge in [-0.1, -0.05) is 13.3 Å². The maximum Gasteiger partial charge on any atom is 0.240 e. The zero-order valence-corrected chi connectivity index (χ0v) is 14.9. The van der Waals surface area contributed by atoms with Crippen LogP contribution in [-0.2, 0) is 16.1 Å². The molecule has 6 nitrogen and oxygen atoms in total. The van der Waals surface area contributed by atoms with Gasteiger partial charge in [0.1, 0.15) is 11.2 Å². The van der Waals surface area contributed by atoms with Crippen molar-refractivity contribution >= 4 is 5.91 Å². The lowest BCUT2D eigenvalue weighted by Crippen LogP contribution is -2.49. The summed E-state index contributed by atoms with van der Waals surface area (Å²) >= 11 is 0. The zero-order valence-electron chi connectivity index (χ0n) is 14.9. The van der Waals surface area contributed by atoms with Crippen molar-refractivity contribution in [1.29, 1.82) is 5.26 Å². The van der Waals surface area contributed by atoms with Gasteiger partial charge in [-0.05, 0) is 37.3 Å². The first-order valence-corrected chi connectivity index (χ1v) is 9.21. The topological polar surface area (TPSA) is 78.5 Å². The van der Waals surface area contributed by atoms with E-state index in [1.165, 1.54) is 0 Å². The van der Waals surface area contributed by atoms with Crippen LogP contribution in [0.25, 0.3) is 0 Å². The second kappa shape index (κ2) is 8.03. The molecule has 1 aromatic rings. The highest BCUT2D eigenvalue weighted by Crippen LogP contribution is 2.31. The number of nitrogens with one attached hydrogen (secondary N) is 1. The van der Waals surface area contributed by atoms with E-state index >= 15 is 0 Å². The molecule has 3 heterocycles. The Morgan fingerprint density at radius 3 is 2.88 bits per heavy atom. The molecule has 1 amide bonds. The quantitative estimate of drug-likeness (QED) is 0.856. The van der Waals surface area contributed by atoms with E-state index in [2.05, 4.69) is 23.2 Å². The van der Waals surface area contributed by atoms with Crippen LogP contribution >= 0.6 is 0 Å². The number of carbonyl (C=O) groups excluding carboxylic acids is 1. The zero-order chi connectivity index (χ0) is 17.7. The Balaban J connectivity index is 1.64. The summed E-state index contributed by atoms with van der Waals surface area (Å²) in [5.41, 5.74) is -0.927. The van der Waals surface area contributed by atoms with E-state index in [0.29, 0.717) is 32.0 Å². The number of furan rings is 1. The fourth-order valence-electron chi connectivity index (χ4n) is 3.96. The van der Waals surface area contributed by atoms with E-state index in [4.69, 9.17) is 9.15 Å². The van der Waals surface area contributed by atoms with Crippen LogP contribution in [0.1, 0.15) is 38.4 Å². The van der Waals surface area contributed by atoms with Gasteiger partial charge >= 0.3 is 0 Å². The lowest BCUT2D eigenvalue weighted by atomic mass is 9.80. The molecule has 2 atom stereocenters. The predicted molar refractivity (Wildman–Crippen MR) is 92.4 cm³/mol. The molecule has 1 aromatic heterocycles. The summed E-state index contributed by atoms with van der Waals surface area (Å²) in [4.78, 5) is 15.2. The van der Waals surface area contributed by atoms with Gasteiger partial charge in [0, 0.05) is 32.3 Å². The van der Waals surface area contributed by atoms with Gasteiger partial charge in [-0.25, -0.2) is 0 Å². The third kappa shape index (κ3) is 4.05. The average molecular weight is 345 g/mol. The van der Waals surface area contributed by atoms with Crippen LogP contribution in [0.4, 0.5) is 0 Å². The van der Waals surface area contributed by atoms with Gasteiger partial charge in [-0.15, -0.1) is 0 Å². The third-order valence-electron chi connectivity index (χ3n) is 5.45. The van der Waals surface area contributed by atoms with Gasteiger partial charge in [0.2, 0.25) is 5.91 Å². The summed E-state index contributed by atoms with van der Waals surface area (Å²) in [6.45, 7) is 5.64. The van der Waals surface area contributed by atoms with Crippen LogP contribution < -0.4 is 5.32 Å². The van der Waals surface area contributed by atoms with E-state index in [9.17, 15) is 10.1 Å². The molecule has 3 rings (SSSR count). The average Bonchev–Trinajstić information content (AvgIpc) is 3.26. The monoisotopic (exact) mass is 345 g/mol. The minimum absolute atomic E-state index is 0.0930. The lowest BCUT2D eigenvalue weighted by Gasteiger charge is -2.31. The number of likely N-dealkylation sites (tertiary alicyclic amines) is 1. The first kappa shape index (κ1) is 18.0. The van der Waals surface area contributed by atoms with E-state index in [1.807, 2.05) is 12.1 Å². The van der Waals surface area contributed by atoms with Crippen LogP contribution in [0.3, 0.4) is 0 Å². The number of ether oxygens (including phenoxy) is 1. The molecule has 0 saturated carbocycles. The van der Waals surface area contributed by atoms with Crippen molar-refractivity contribution in [2.45, 2.75) is 45.2 Å². The summed E-state index contributed by atoms with van der Waals surface area (Å²) in [6, 6.07) is 6.24. The van der Waals surface area contributed by atoms with Crippen molar-refractivity contribution in [3.8, 4) is 6.07 Å². The number of nitrogens with zero attached hydrogens (tertiary/aromatic N) is 2. The lowest BCUT2D eigenvalue weighted by molar-refractivity contribution is -0.133. The second-order valence-electron chi connectivity index (χ2n) is 7.21. The standard InChI is InChI=1S/C19H27N3O3/c1-2-4-15-11-22(12-16-5-3-8-25-16)13-17(15)21-18(23)19(14-20)6-9-24-10-7-19/h3,5,8,15,17H,2,4,6-7,9-13H2,1H3,(H,21,23)/t15-,17-/m1/s1. The highest BCUT2D eigenvalue weighted by molar-refractivity contribution is 5.85. The van der Waals surface area contributed by atoms with Crippen LogP contribution in [0.2, 0.25) is 0 Å². The van der Waals surface area contributed by atoms with Crippen molar-refractivity contribution in [3.05, 3.63) is 24.2 Å². The number of hydrogen-bond donors (Lipinski definition) is 1. The van der Waals surface area contributed by atoms with Gasteiger partial charge in [-0.2, -0.15) is 5.26 Å². The largest absolute Gasteiger partial charge is 0.468 e. The molecular weight excluding hydrogens is 318 g/mol. The first-order valence-electron chi connectivity index (χ1n) is 9.21. The molecule has 2 aliphatic rings. The highest BCUT2D eigenvalue weighted by Gasteiger charge is 2.43. The smallest absolute Gasteiger partial charge is 0.240 e. The molecule has 0 spiro atoms. The fourth-order valence-corrected chi connectivity index (χ4v) is 3.96. The van der Waals surface area contributed by atoms with Crippen molar-refractivity contribution in [2.75, 3.05) is 26.3 Å². The molecule has 2 aliphatic heterocycles. The Labute approximate surface area is 149 Å². The van der Waals surface area contributed by atoms with E-state index < -0.39 is 5.41 Å². The normalized spacial score (nSPS) is 26.2. The number of amides is 1.